The lowest BCUT2D eigenvalue weighted by Gasteiger charge is -2.21. The van der Waals surface area contributed by atoms with Crippen LogP contribution in [-0.2, 0) is 7.05 Å². The van der Waals surface area contributed by atoms with Gasteiger partial charge in [-0.3, -0.25) is 14.2 Å². The number of amides is 1. The Bertz CT molecular complexity index is 1190. The monoisotopic (exact) mass is 410 g/mol. The van der Waals surface area contributed by atoms with Gasteiger partial charge in [-0.25, -0.2) is 4.79 Å². The molecule has 0 bridgehead atoms. The fourth-order valence-corrected chi connectivity index (χ4v) is 3.47. The summed E-state index contributed by atoms with van der Waals surface area (Å²) >= 11 is 0. The molecule has 10 nitrogen and oxygen atoms in total. The Balaban J connectivity index is 1.67. The lowest BCUT2D eigenvalue weighted by Crippen LogP contribution is -2.40. The fraction of sp³-hybridized carbons (Fsp3) is 0.400. The van der Waals surface area contributed by atoms with Crippen molar-refractivity contribution in [3.63, 3.8) is 0 Å². The third-order valence-corrected chi connectivity index (χ3v) is 5.23. The average Bonchev–Trinajstić information content (AvgIpc) is 3.24. The molecule has 10 heteroatoms. The van der Waals surface area contributed by atoms with Crippen molar-refractivity contribution in [2.45, 2.75) is 45.1 Å². The van der Waals surface area contributed by atoms with Crippen molar-refractivity contribution < 1.29 is 9.32 Å². The van der Waals surface area contributed by atoms with E-state index in [9.17, 15) is 14.4 Å². The highest BCUT2D eigenvalue weighted by Gasteiger charge is 2.24. The van der Waals surface area contributed by atoms with E-state index in [1.54, 1.807) is 12.1 Å². The van der Waals surface area contributed by atoms with Crippen LogP contribution >= 0.6 is 0 Å². The van der Waals surface area contributed by atoms with Crippen molar-refractivity contribution >= 4 is 5.91 Å². The van der Waals surface area contributed by atoms with Gasteiger partial charge in [0.15, 0.2) is 5.69 Å². The number of carbonyl (C=O) groups is 1. The van der Waals surface area contributed by atoms with Gasteiger partial charge in [0.1, 0.15) is 0 Å². The van der Waals surface area contributed by atoms with Gasteiger partial charge in [0.05, 0.1) is 5.69 Å². The van der Waals surface area contributed by atoms with E-state index >= 15 is 0 Å². The minimum absolute atomic E-state index is 0.0797. The highest BCUT2D eigenvalue weighted by atomic mass is 16.5. The van der Waals surface area contributed by atoms with Crippen LogP contribution in [0.15, 0.2) is 38.4 Å². The molecule has 0 aliphatic heterocycles. The first kappa shape index (κ1) is 19.7. The molecule has 1 amide bonds. The van der Waals surface area contributed by atoms with Crippen LogP contribution in [0, 0.1) is 6.92 Å². The Morgan fingerprint density at radius 3 is 2.53 bits per heavy atom. The zero-order chi connectivity index (χ0) is 21.3. The zero-order valence-corrected chi connectivity index (χ0v) is 16.8. The Hall–Kier alpha value is -3.56. The highest BCUT2D eigenvalue weighted by Crippen LogP contribution is 2.18. The molecular formula is C20H22N6O4. The third-order valence-electron chi connectivity index (χ3n) is 5.23. The fourth-order valence-electron chi connectivity index (χ4n) is 3.47. The smallest absolute Gasteiger partial charge is 0.345 e. The number of rotatable bonds is 4. The Morgan fingerprint density at radius 2 is 1.83 bits per heavy atom. The van der Waals surface area contributed by atoms with Crippen LogP contribution in [0.2, 0.25) is 0 Å². The molecule has 156 valence electrons. The first-order valence-electron chi connectivity index (χ1n) is 9.86. The molecule has 1 saturated carbocycles. The van der Waals surface area contributed by atoms with E-state index in [2.05, 4.69) is 20.6 Å². The molecule has 0 unspecified atom stereocenters. The lowest BCUT2D eigenvalue weighted by molar-refractivity contribution is 0.0883. The first-order chi connectivity index (χ1) is 14.4. The minimum Gasteiger partial charge on any atom is -0.345 e. The van der Waals surface area contributed by atoms with Gasteiger partial charge >= 0.3 is 17.5 Å². The van der Waals surface area contributed by atoms with Gasteiger partial charge in [-0.1, -0.05) is 42.1 Å². The number of nitrogens with one attached hydrogen (secondary N) is 1. The van der Waals surface area contributed by atoms with E-state index in [0.29, 0.717) is 5.69 Å². The SMILES string of the molecule is Cc1ccc(-n2nc(-c3noc(C(=O)NC4CCCCC4)n3)c(=O)n(C)c2=O)cc1. The van der Waals surface area contributed by atoms with E-state index in [0.717, 1.165) is 40.5 Å². The molecule has 0 radical (unpaired) electrons. The van der Waals surface area contributed by atoms with Crippen LogP contribution < -0.4 is 16.6 Å². The summed E-state index contributed by atoms with van der Waals surface area (Å²) < 4.78 is 7.07. The Labute approximate surface area is 171 Å². The van der Waals surface area contributed by atoms with Crippen LogP contribution in [0.5, 0.6) is 0 Å². The number of aryl methyl sites for hydroxylation is 1. The standard InChI is InChI=1S/C20H22N6O4/c1-12-8-10-14(11-9-12)26-20(29)25(2)19(28)15(23-26)16-22-18(30-24-16)17(27)21-13-6-4-3-5-7-13/h8-11,13H,3-7H2,1-2H3,(H,21,27). The van der Waals surface area contributed by atoms with Crippen molar-refractivity contribution in [1.29, 1.82) is 0 Å². The van der Waals surface area contributed by atoms with E-state index in [-0.39, 0.29) is 23.5 Å². The molecule has 0 spiro atoms. The molecule has 1 N–H and O–H groups in total. The molecule has 4 rings (SSSR count). The maximum atomic E-state index is 12.6. The second-order valence-electron chi connectivity index (χ2n) is 7.47. The molecule has 2 aromatic heterocycles. The molecular weight excluding hydrogens is 388 g/mol. The summed E-state index contributed by atoms with van der Waals surface area (Å²) in [5.41, 5.74) is 0.0396. The average molecular weight is 410 g/mol. The number of carbonyl (C=O) groups excluding carboxylic acids is 1. The summed E-state index contributed by atoms with van der Waals surface area (Å²) in [6, 6.07) is 7.18. The van der Waals surface area contributed by atoms with Crippen molar-refractivity contribution in [2.24, 2.45) is 7.05 Å². The number of benzene rings is 1. The van der Waals surface area contributed by atoms with E-state index in [4.69, 9.17) is 4.52 Å². The van der Waals surface area contributed by atoms with Crippen LogP contribution in [0.25, 0.3) is 17.2 Å². The second kappa shape index (κ2) is 8.05. The van der Waals surface area contributed by atoms with Crippen LogP contribution in [0.4, 0.5) is 0 Å². The number of nitrogens with zero attached hydrogens (tertiary/aromatic N) is 5. The third kappa shape index (κ3) is 3.80. The largest absolute Gasteiger partial charge is 0.351 e. The molecule has 1 fully saturated rings. The Morgan fingerprint density at radius 1 is 1.13 bits per heavy atom. The van der Waals surface area contributed by atoms with E-state index < -0.39 is 17.2 Å². The van der Waals surface area contributed by atoms with Crippen molar-refractivity contribution in [1.82, 2.24) is 29.8 Å². The summed E-state index contributed by atoms with van der Waals surface area (Å²) in [5, 5.41) is 10.8. The molecule has 30 heavy (non-hydrogen) atoms. The van der Waals surface area contributed by atoms with Gasteiger partial charge in [-0.05, 0) is 31.9 Å². The zero-order valence-electron chi connectivity index (χ0n) is 16.8. The summed E-state index contributed by atoms with van der Waals surface area (Å²) in [4.78, 5) is 41.6. The lowest BCUT2D eigenvalue weighted by atomic mass is 9.95. The highest BCUT2D eigenvalue weighted by molar-refractivity contribution is 5.90. The summed E-state index contributed by atoms with van der Waals surface area (Å²) in [7, 11) is 1.34. The first-order valence-corrected chi connectivity index (χ1v) is 9.86. The van der Waals surface area contributed by atoms with Crippen LogP contribution in [0.3, 0.4) is 0 Å². The summed E-state index contributed by atoms with van der Waals surface area (Å²) in [6.07, 6.45) is 5.14. The van der Waals surface area contributed by atoms with Gasteiger partial charge in [0.2, 0.25) is 5.82 Å². The summed E-state index contributed by atoms with van der Waals surface area (Å²) in [5.74, 6) is -0.873. The quantitative estimate of drug-likeness (QED) is 0.688. The van der Waals surface area contributed by atoms with Crippen molar-refractivity contribution in [3.8, 4) is 17.2 Å². The maximum Gasteiger partial charge on any atom is 0.351 e. The molecule has 1 aromatic carbocycles. The topological polar surface area (TPSA) is 125 Å². The molecule has 0 atom stereocenters. The molecule has 2 heterocycles. The van der Waals surface area contributed by atoms with Gasteiger partial charge in [-0.2, -0.15) is 14.8 Å². The number of hydrogen-bond donors (Lipinski definition) is 1. The predicted octanol–water partition coefficient (Wildman–Crippen LogP) is 1.35. The Kier molecular flexibility index (Phi) is 5.30. The normalized spacial score (nSPS) is 14.6. The molecule has 0 saturated heterocycles. The van der Waals surface area contributed by atoms with Crippen LogP contribution in [-0.4, -0.2) is 36.4 Å². The van der Waals surface area contributed by atoms with Crippen molar-refractivity contribution in [2.75, 3.05) is 0 Å². The van der Waals surface area contributed by atoms with Crippen molar-refractivity contribution in [3.05, 3.63) is 56.6 Å². The predicted molar refractivity (Wildman–Crippen MR) is 107 cm³/mol. The molecule has 3 aromatic rings. The number of aromatic nitrogens is 5. The van der Waals surface area contributed by atoms with Gasteiger partial charge < -0.3 is 9.84 Å². The maximum absolute atomic E-state index is 12.6. The van der Waals surface area contributed by atoms with E-state index in [1.807, 2.05) is 19.1 Å². The van der Waals surface area contributed by atoms with Gasteiger partial charge in [-0.15, -0.1) is 0 Å². The molecule has 1 aliphatic rings. The van der Waals surface area contributed by atoms with Crippen LogP contribution in [0.1, 0.15) is 48.4 Å². The number of hydrogen-bond acceptors (Lipinski definition) is 7. The van der Waals surface area contributed by atoms with Gasteiger partial charge in [0.25, 0.3) is 5.56 Å². The second-order valence-corrected chi connectivity index (χ2v) is 7.47. The summed E-state index contributed by atoms with van der Waals surface area (Å²) in [6.45, 7) is 1.92. The minimum atomic E-state index is -0.677. The molecule has 1 aliphatic carbocycles. The van der Waals surface area contributed by atoms with Gasteiger partial charge in [0, 0.05) is 13.1 Å². The van der Waals surface area contributed by atoms with E-state index in [1.165, 1.54) is 13.5 Å².